The van der Waals surface area contributed by atoms with Gasteiger partial charge in [0.15, 0.2) is 0 Å². The maximum atomic E-state index is 11.2. The summed E-state index contributed by atoms with van der Waals surface area (Å²) in [5.74, 6) is 0. The summed E-state index contributed by atoms with van der Waals surface area (Å²) in [4.78, 5) is -2.01. The summed E-state index contributed by atoms with van der Waals surface area (Å²) in [5, 5.41) is 0.281. The minimum absolute atomic E-state index is 0. The topological polar surface area (TPSA) is 114 Å². The molecule has 0 aromatic heterocycles. The zero-order valence-corrected chi connectivity index (χ0v) is 18.6. The average Bonchev–Trinajstić information content (AvgIpc) is 2.24. The van der Waals surface area contributed by atoms with E-state index in [2.05, 4.69) is 0 Å². The first-order chi connectivity index (χ1) is 8.21. The van der Waals surface area contributed by atoms with Crippen LogP contribution >= 0.6 is 0 Å². The molecule has 0 fully saturated rings. The van der Waals surface area contributed by atoms with E-state index in [-0.39, 0.29) is 108 Å². The Balaban J connectivity index is 0.00000180. The first-order valence-corrected chi connectivity index (χ1v) is 7.46. The van der Waals surface area contributed by atoms with Crippen molar-refractivity contribution in [3.8, 4) is 0 Å². The summed E-state index contributed by atoms with van der Waals surface area (Å²) in [6.45, 7) is 0. The summed E-state index contributed by atoms with van der Waals surface area (Å²) in [6.07, 6.45) is 0. The molecule has 6 nitrogen and oxygen atoms in total. The minimum atomic E-state index is -5.07. The standard InChI is InChI=1S/C10H8O6S2.2K/c11-17(12,13)9-6-5-7-3-1-2-4-8(7)10(9)18(14,15)16;;/h1-6H,(H,11,12,13)(H,14,15,16);;/q;2*+1/p-2. The Hall–Kier alpha value is 1.79. The van der Waals surface area contributed by atoms with E-state index in [4.69, 9.17) is 0 Å². The summed E-state index contributed by atoms with van der Waals surface area (Å²) < 4.78 is 66.4. The summed E-state index contributed by atoms with van der Waals surface area (Å²) in [7, 11) is -10.1. The van der Waals surface area contributed by atoms with Gasteiger partial charge in [0.1, 0.15) is 20.2 Å². The van der Waals surface area contributed by atoms with Gasteiger partial charge in [0.25, 0.3) is 0 Å². The van der Waals surface area contributed by atoms with Crippen LogP contribution in [0.3, 0.4) is 0 Å². The van der Waals surface area contributed by atoms with Crippen molar-refractivity contribution in [2.24, 2.45) is 0 Å². The molecule has 2 aromatic carbocycles. The number of benzene rings is 2. The van der Waals surface area contributed by atoms with Gasteiger partial charge in [-0.3, -0.25) is 0 Å². The van der Waals surface area contributed by atoms with Crippen molar-refractivity contribution >= 4 is 31.0 Å². The van der Waals surface area contributed by atoms with Crippen LogP contribution in [-0.2, 0) is 20.2 Å². The van der Waals surface area contributed by atoms with Gasteiger partial charge in [0.05, 0.1) is 9.79 Å². The average molecular weight is 364 g/mol. The molecule has 2 rings (SSSR count). The second kappa shape index (κ2) is 8.06. The smallest absolute Gasteiger partial charge is 0.744 e. The van der Waals surface area contributed by atoms with Crippen LogP contribution in [-0.4, -0.2) is 25.9 Å². The fourth-order valence-corrected chi connectivity index (χ4v) is 3.63. The SMILES string of the molecule is O=S(=O)([O-])c1ccc2ccccc2c1S(=O)(=O)[O-].[K+].[K+]. The number of hydrogen-bond acceptors (Lipinski definition) is 6. The minimum Gasteiger partial charge on any atom is -0.744 e. The van der Waals surface area contributed by atoms with E-state index in [0.717, 1.165) is 6.07 Å². The fourth-order valence-electron chi connectivity index (χ4n) is 1.68. The Bertz CT molecular complexity index is 830. The molecule has 0 bridgehead atoms. The van der Waals surface area contributed by atoms with Gasteiger partial charge < -0.3 is 9.11 Å². The Morgan fingerprint density at radius 3 is 1.80 bits per heavy atom. The van der Waals surface area contributed by atoms with Crippen molar-refractivity contribution in [3.63, 3.8) is 0 Å². The van der Waals surface area contributed by atoms with E-state index in [1.165, 1.54) is 24.3 Å². The molecule has 0 amide bonds. The van der Waals surface area contributed by atoms with Crippen molar-refractivity contribution in [1.29, 1.82) is 0 Å². The van der Waals surface area contributed by atoms with Crippen molar-refractivity contribution in [2.45, 2.75) is 9.79 Å². The fraction of sp³-hybridized carbons (Fsp3) is 0. The van der Waals surface area contributed by atoms with Crippen LogP contribution < -0.4 is 103 Å². The van der Waals surface area contributed by atoms with E-state index in [0.29, 0.717) is 5.39 Å². The molecule has 0 aliphatic rings. The Morgan fingerprint density at radius 2 is 1.30 bits per heavy atom. The molecule has 0 radical (unpaired) electrons. The zero-order valence-electron chi connectivity index (χ0n) is 10.7. The molecule has 0 saturated carbocycles. The van der Waals surface area contributed by atoms with Crippen LogP contribution in [0.2, 0.25) is 0 Å². The molecule has 0 heterocycles. The molecule has 0 atom stereocenters. The van der Waals surface area contributed by atoms with Gasteiger partial charge in [0.2, 0.25) is 0 Å². The Labute approximate surface area is 201 Å². The molecule has 96 valence electrons. The van der Waals surface area contributed by atoms with E-state index >= 15 is 0 Å². The second-order valence-electron chi connectivity index (χ2n) is 3.52. The molecule has 2 aromatic rings. The van der Waals surface area contributed by atoms with Crippen LogP contribution in [0.5, 0.6) is 0 Å². The van der Waals surface area contributed by atoms with Crippen LogP contribution in [0.15, 0.2) is 46.2 Å². The molecular formula is C10H6K2O6S2. The maximum Gasteiger partial charge on any atom is 1.00 e. The van der Waals surface area contributed by atoms with Gasteiger partial charge in [-0.15, -0.1) is 0 Å². The quantitative estimate of drug-likeness (QED) is 0.388. The largest absolute Gasteiger partial charge is 1.00 e. The first kappa shape index (κ1) is 21.8. The number of fused-ring (bicyclic) bond motifs is 1. The molecule has 0 unspecified atom stereocenters. The Morgan fingerprint density at radius 1 is 0.750 bits per heavy atom. The molecule has 0 aliphatic heterocycles. The molecule has 0 spiro atoms. The van der Waals surface area contributed by atoms with Crippen molar-refractivity contribution < 1.29 is 129 Å². The molecule has 0 aliphatic carbocycles. The van der Waals surface area contributed by atoms with E-state index in [1.807, 2.05) is 0 Å². The molecule has 20 heavy (non-hydrogen) atoms. The molecule has 10 heteroatoms. The summed E-state index contributed by atoms with van der Waals surface area (Å²) in [6, 6.07) is 7.91. The number of rotatable bonds is 2. The third kappa shape index (κ3) is 4.89. The van der Waals surface area contributed by atoms with Crippen molar-refractivity contribution in [2.75, 3.05) is 0 Å². The summed E-state index contributed by atoms with van der Waals surface area (Å²) >= 11 is 0. The Kier molecular flexibility index (Phi) is 8.78. The predicted octanol–water partition coefficient (Wildman–Crippen LogP) is -5.34. The monoisotopic (exact) mass is 364 g/mol. The third-order valence-corrected chi connectivity index (χ3v) is 4.31. The molecule has 0 N–H and O–H groups in total. The van der Waals surface area contributed by atoms with E-state index in [1.54, 1.807) is 6.07 Å². The summed E-state index contributed by atoms with van der Waals surface area (Å²) in [5.41, 5.74) is 0. The molecular weight excluding hydrogens is 358 g/mol. The zero-order chi connectivity index (χ0) is 13.6. The normalized spacial score (nSPS) is 11.5. The van der Waals surface area contributed by atoms with E-state index < -0.39 is 30.0 Å². The predicted molar refractivity (Wildman–Crippen MR) is 59.9 cm³/mol. The van der Waals surface area contributed by atoms with Gasteiger partial charge in [-0.2, -0.15) is 0 Å². The maximum absolute atomic E-state index is 11.2. The van der Waals surface area contributed by atoms with Gasteiger partial charge in [-0.1, -0.05) is 30.3 Å². The van der Waals surface area contributed by atoms with Crippen molar-refractivity contribution in [1.82, 2.24) is 0 Å². The van der Waals surface area contributed by atoms with Gasteiger partial charge in [0, 0.05) is 5.39 Å². The van der Waals surface area contributed by atoms with Gasteiger partial charge in [-0.05, 0) is 11.5 Å². The van der Waals surface area contributed by atoms with Crippen LogP contribution in [0, 0.1) is 0 Å². The van der Waals surface area contributed by atoms with Gasteiger partial charge in [-0.25, -0.2) is 16.8 Å². The van der Waals surface area contributed by atoms with Crippen LogP contribution in [0.25, 0.3) is 10.8 Å². The molecule has 0 saturated heterocycles. The van der Waals surface area contributed by atoms with E-state index in [9.17, 15) is 25.9 Å². The third-order valence-electron chi connectivity index (χ3n) is 2.36. The first-order valence-electron chi connectivity index (χ1n) is 4.65. The number of hydrogen-bond donors (Lipinski definition) is 0. The van der Waals surface area contributed by atoms with Crippen LogP contribution in [0.1, 0.15) is 0 Å². The van der Waals surface area contributed by atoms with Crippen molar-refractivity contribution in [3.05, 3.63) is 36.4 Å². The van der Waals surface area contributed by atoms with Crippen LogP contribution in [0.4, 0.5) is 0 Å². The second-order valence-corrected chi connectivity index (χ2v) is 6.19. The van der Waals surface area contributed by atoms with Gasteiger partial charge >= 0.3 is 103 Å².